The summed E-state index contributed by atoms with van der Waals surface area (Å²) in [7, 11) is 0. The van der Waals surface area contributed by atoms with E-state index in [1.807, 2.05) is 12.1 Å². The van der Waals surface area contributed by atoms with E-state index in [0.29, 0.717) is 12.1 Å². The summed E-state index contributed by atoms with van der Waals surface area (Å²) >= 11 is 9.06. The van der Waals surface area contributed by atoms with Crippen LogP contribution in [0.1, 0.15) is 16.8 Å². The molecule has 116 valence electrons. The van der Waals surface area contributed by atoms with Crippen LogP contribution in [-0.4, -0.2) is 50.2 Å². The Morgan fingerprint density at radius 2 is 2.05 bits per heavy atom. The van der Waals surface area contributed by atoms with E-state index < -0.39 is 0 Å². The second-order valence-corrected chi connectivity index (χ2v) is 7.66. The Kier molecular flexibility index (Phi) is 7.40. The normalized spacial score (nSPS) is 16.0. The molecule has 1 saturated heterocycles. The molecule has 0 aromatic heterocycles. The molecule has 1 aliphatic heterocycles. The number of nitrogens with one attached hydrogen (secondary N) is 1. The molecule has 0 bridgehead atoms. The first kappa shape index (κ1) is 17.7. The van der Waals surface area contributed by atoms with Gasteiger partial charge in [0.2, 0.25) is 0 Å². The van der Waals surface area contributed by atoms with E-state index in [9.17, 15) is 4.79 Å². The van der Waals surface area contributed by atoms with Crippen molar-refractivity contribution in [2.45, 2.75) is 6.42 Å². The Balaban J connectivity index is 1.79. The highest BCUT2D eigenvalue weighted by Gasteiger charge is 2.14. The Bertz CT molecular complexity index is 508. The number of amides is 1. The van der Waals surface area contributed by atoms with E-state index in [1.54, 1.807) is 0 Å². The van der Waals surface area contributed by atoms with Gasteiger partial charge in [-0.2, -0.15) is 0 Å². The lowest BCUT2D eigenvalue weighted by atomic mass is 10.2. The molecular formula is C14H17Br2IN2O2. The molecular weight excluding hydrogens is 515 g/mol. The maximum atomic E-state index is 12.2. The van der Waals surface area contributed by atoms with E-state index in [1.165, 1.54) is 0 Å². The van der Waals surface area contributed by atoms with Crippen LogP contribution in [0.25, 0.3) is 0 Å². The largest absolute Gasteiger partial charge is 0.379 e. The third kappa shape index (κ3) is 5.46. The van der Waals surface area contributed by atoms with Crippen LogP contribution >= 0.6 is 54.5 Å². The highest BCUT2D eigenvalue weighted by molar-refractivity contribution is 14.1. The van der Waals surface area contributed by atoms with Crippen molar-refractivity contribution in [1.82, 2.24) is 10.2 Å². The summed E-state index contributed by atoms with van der Waals surface area (Å²) in [6.45, 7) is 5.31. The van der Waals surface area contributed by atoms with Crippen LogP contribution in [0.4, 0.5) is 0 Å². The van der Waals surface area contributed by atoms with Crippen LogP contribution in [0.15, 0.2) is 21.1 Å². The quantitative estimate of drug-likeness (QED) is 0.360. The van der Waals surface area contributed by atoms with Crippen LogP contribution in [0.5, 0.6) is 0 Å². The molecule has 0 spiro atoms. The molecule has 1 aliphatic rings. The summed E-state index contributed by atoms with van der Waals surface area (Å²) in [6.07, 6.45) is 0.956. The maximum Gasteiger partial charge on any atom is 0.252 e. The first-order valence-corrected chi connectivity index (χ1v) is 9.47. The van der Waals surface area contributed by atoms with Gasteiger partial charge in [-0.05, 0) is 63.6 Å². The van der Waals surface area contributed by atoms with Crippen molar-refractivity contribution < 1.29 is 9.53 Å². The SMILES string of the molecule is O=C(NCCCN1CCOCC1)c1cc(Br)cc(Br)c1I. The number of carbonyl (C=O) groups excluding carboxylic acids is 1. The average molecular weight is 532 g/mol. The fraction of sp³-hybridized carbons (Fsp3) is 0.500. The molecule has 1 N–H and O–H groups in total. The van der Waals surface area contributed by atoms with Crippen molar-refractivity contribution in [3.05, 3.63) is 30.2 Å². The van der Waals surface area contributed by atoms with Crippen LogP contribution < -0.4 is 5.32 Å². The minimum Gasteiger partial charge on any atom is -0.379 e. The zero-order valence-corrected chi connectivity index (χ0v) is 16.8. The Hall–Kier alpha value is 0.300. The number of rotatable bonds is 5. The van der Waals surface area contributed by atoms with E-state index in [4.69, 9.17) is 4.74 Å². The molecule has 1 fully saturated rings. The van der Waals surface area contributed by atoms with E-state index in [0.717, 1.165) is 51.8 Å². The molecule has 2 rings (SSSR count). The van der Waals surface area contributed by atoms with E-state index in [2.05, 4.69) is 64.7 Å². The molecule has 0 atom stereocenters. The van der Waals surface area contributed by atoms with Crippen LogP contribution in [0, 0.1) is 3.57 Å². The van der Waals surface area contributed by atoms with Gasteiger partial charge < -0.3 is 10.1 Å². The first-order valence-electron chi connectivity index (χ1n) is 6.81. The lowest BCUT2D eigenvalue weighted by Crippen LogP contribution is -2.38. The monoisotopic (exact) mass is 530 g/mol. The van der Waals surface area contributed by atoms with Crippen molar-refractivity contribution in [1.29, 1.82) is 0 Å². The summed E-state index contributed by atoms with van der Waals surface area (Å²) in [4.78, 5) is 14.6. The Morgan fingerprint density at radius 3 is 2.76 bits per heavy atom. The predicted molar refractivity (Wildman–Crippen MR) is 98.8 cm³/mol. The van der Waals surface area contributed by atoms with Crippen LogP contribution in [-0.2, 0) is 4.74 Å². The molecule has 1 amide bonds. The molecule has 21 heavy (non-hydrogen) atoms. The summed E-state index contributed by atoms with van der Waals surface area (Å²) in [6, 6.07) is 3.79. The van der Waals surface area contributed by atoms with Gasteiger partial charge in [0.15, 0.2) is 0 Å². The van der Waals surface area contributed by atoms with Crippen molar-refractivity contribution in [2.24, 2.45) is 0 Å². The number of hydrogen-bond acceptors (Lipinski definition) is 3. The second-order valence-electron chi connectivity index (χ2n) is 4.81. The Labute approximate surface area is 155 Å². The standard InChI is InChI=1S/C14H17Br2IN2O2/c15-10-8-11(13(17)12(16)9-10)14(20)18-2-1-3-19-4-6-21-7-5-19/h8-9H,1-7H2,(H,18,20). The molecule has 7 heteroatoms. The number of hydrogen-bond donors (Lipinski definition) is 1. The van der Waals surface area contributed by atoms with Crippen LogP contribution in [0.2, 0.25) is 0 Å². The smallest absolute Gasteiger partial charge is 0.252 e. The molecule has 1 aromatic rings. The van der Waals surface area contributed by atoms with Gasteiger partial charge in [0.05, 0.1) is 18.8 Å². The van der Waals surface area contributed by atoms with Gasteiger partial charge in [0, 0.05) is 32.1 Å². The molecule has 0 aliphatic carbocycles. The molecule has 0 unspecified atom stereocenters. The zero-order valence-electron chi connectivity index (χ0n) is 11.5. The molecule has 0 saturated carbocycles. The van der Waals surface area contributed by atoms with Gasteiger partial charge in [0.1, 0.15) is 0 Å². The molecule has 1 aromatic carbocycles. The minimum atomic E-state index is -0.0247. The van der Waals surface area contributed by atoms with Gasteiger partial charge in [-0.1, -0.05) is 15.9 Å². The van der Waals surface area contributed by atoms with Crippen LogP contribution in [0.3, 0.4) is 0 Å². The van der Waals surface area contributed by atoms with Gasteiger partial charge >= 0.3 is 0 Å². The number of halogens is 3. The number of ether oxygens (including phenoxy) is 1. The third-order valence-corrected chi connectivity index (χ3v) is 6.26. The molecule has 1 heterocycles. The number of nitrogens with zero attached hydrogens (tertiary/aromatic N) is 1. The van der Waals surface area contributed by atoms with Crippen molar-refractivity contribution in [3.8, 4) is 0 Å². The Morgan fingerprint density at radius 1 is 1.33 bits per heavy atom. The fourth-order valence-corrected chi connectivity index (χ4v) is 3.93. The summed E-state index contributed by atoms with van der Waals surface area (Å²) in [5, 5.41) is 2.99. The van der Waals surface area contributed by atoms with Crippen molar-refractivity contribution >= 4 is 60.4 Å². The van der Waals surface area contributed by atoms with E-state index in [-0.39, 0.29) is 5.91 Å². The summed E-state index contributed by atoms with van der Waals surface area (Å²) < 4.78 is 8.07. The van der Waals surface area contributed by atoms with Gasteiger partial charge in [0.25, 0.3) is 5.91 Å². The van der Waals surface area contributed by atoms with Gasteiger partial charge in [-0.15, -0.1) is 0 Å². The highest BCUT2D eigenvalue weighted by atomic mass is 127. The van der Waals surface area contributed by atoms with E-state index >= 15 is 0 Å². The van der Waals surface area contributed by atoms with Gasteiger partial charge in [-0.25, -0.2) is 0 Å². The summed E-state index contributed by atoms with van der Waals surface area (Å²) in [5.74, 6) is -0.0247. The lowest BCUT2D eigenvalue weighted by molar-refractivity contribution is 0.0374. The van der Waals surface area contributed by atoms with Crippen molar-refractivity contribution in [2.75, 3.05) is 39.4 Å². The summed E-state index contributed by atoms with van der Waals surface area (Å²) in [5.41, 5.74) is 0.697. The zero-order chi connectivity index (χ0) is 15.2. The molecule has 4 nitrogen and oxygen atoms in total. The maximum absolute atomic E-state index is 12.2. The highest BCUT2D eigenvalue weighted by Crippen LogP contribution is 2.27. The second kappa shape index (κ2) is 8.81. The predicted octanol–water partition coefficient (Wildman–Crippen LogP) is 3.27. The van der Waals surface area contributed by atoms with Crippen molar-refractivity contribution in [3.63, 3.8) is 0 Å². The molecule has 0 radical (unpaired) electrons. The number of morpholine rings is 1. The minimum absolute atomic E-state index is 0.0247. The first-order chi connectivity index (χ1) is 10.1. The third-order valence-electron chi connectivity index (χ3n) is 3.28. The lowest BCUT2D eigenvalue weighted by Gasteiger charge is -2.26. The van der Waals surface area contributed by atoms with Gasteiger partial charge in [-0.3, -0.25) is 9.69 Å². The number of carbonyl (C=O) groups is 1. The number of benzene rings is 1. The topological polar surface area (TPSA) is 41.6 Å². The average Bonchev–Trinajstić information content (AvgIpc) is 2.48. The fourth-order valence-electron chi connectivity index (χ4n) is 2.15.